The van der Waals surface area contributed by atoms with Crippen molar-refractivity contribution in [3.8, 4) is 11.5 Å². The lowest BCUT2D eigenvalue weighted by molar-refractivity contribution is -0.111. The molecular weight excluding hydrogens is 450 g/mol. The lowest BCUT2D eigenvalue weighted by Crippen LogP contribution is -2.17. The van der Waals surface area contributed by atoms with Crippen molar-refractivity contribution in [2.24, 2.45) is 0 Å². The Balaban J connectivity index is 2.08. The summed E-state index contributed by atoms with van der Waals surface area (Å²) < 4.78 is 21.4. The number of hydrogen-bond acceptors (Lipinski definition) is 7. The van der Waals surface area contributed by atoms with Crippen LogP contribution in [0.5, 0.6) is 11.5 Å². The summed E-state index contributed by atoms with van der Waals surface area (Å²) in [5.74, 6) is -0.552. The van der Waals surface area contributed by atoms with Crippen LogP contribution in [-0.2, 0) is 9.53 Å². The van der Waals surface area contributed by atoms with Gasteiger partial charge in [-0.05, 0) is 50.1 Å². The van der Waals surface area contributed by atoms with Crippen LogP contribution in [0.15, 0.2) is 52.9 Å². The summed E-state index contributed by atoms with van der Waals surface area (Å²) in [6.07, 6.45) is 1.68. The molecule has 0 aliphatic heterocycles. The molecule has 3 rings (SSSR count). The van der Waals surface area contributed by atoms with Gasteiger partial charge in [0.2, 0.25) is 5.88 Å². The molecular formula is C27H27NO7. The quantitative estimate of drug-likeness (QED) is 0.196. The van der Waals surface area contributed by atoms with Gasteiger partial charge in [-0.2, -0.15) is 0 Å². The number of benzene rings is 2. The fourth-order valence-corrected chi connectivity index (χ4v) is 3.63. The number of hydrogen-bond donors (Lipinski definition) is 1. The summed E-state index contributed by atoms with van der Waals surface area (Å²) in [6, 6.07) is 14.3. The third-order valence-corrected chi connectivity index (χ3v) is 5.19. The third kappa shape index (κ3) is 5.60. The van der Waals surface area contributed by atoms with Crippen LogP contribution in [0.1, 0.15) is 51.5 Å². The number of furan rings is 1. The average Bonchev–Trinajstić information content (AvgIpc) is 3.18. The summed E-state index contributed by atoms with van der Waals surface area (Å²) in [6.45, 7) is 4.61. The summed E-state index contributed by atoms with van der Waals surface area (Å²) in [5.41, 5.74) is 1.58. The normalized spacial score (nSPS) is 11.1. The van der Waals surface area contributed by atoms with Gasteiger partial charge in [0.05, 0.1) is 26.4 Å². The summed E-state index contributed by atoms with van der Waals surface area (Å²) >= 11 is 0. The maximum Gasteiger partial charge on any atom is 0.344 e. The molecule has 3 aromatic rings. The van der Waals surface area contributed by atoms with Crippen molar-refractivity contribution in [3.63, 3.8) is 0 Å². The Hall–Kier alpha value is -4.33. The number of amides is 1. The number of anilines is 1. The van der Waals surface area contributed by atoms with Gasteiger partial charge in [0, 0.05) is 5.57 Å². The van der Waals surface area contributed by atoms with Crippen molar-refractivity contribution in [1.29, 1.82) is 0 Å². The highest BCUT2D eigenvalue weighted by molar-refractivity contribution is 6.29. The van der Waals surface area contributed by atoms with Gasteiger partial charge in [0.25, 0.3) is 5.91 Å². The second-order valence-corrected chi connectivity index (χ2v) is 7.51. The van der Waals surface area contributed by atoms with E-state index in [1.54, 1.807) is 62.4 Å². The van der Waals surface area contributed by atoms with Crippen LogP contribution in [0.25, 0.3) is 11.6 Å². The SMILES string of the molecule is CCOC(=O)c1c(NC(=O)/C(=C/c2ccc(OC)c(OC)c2)c2ccccc2)oc(C)c1C(C)=O. The van der Waals surface area contributed by atoms with E-state index in [4.69, 9.17) is 18.6 Å². The highest BCUT2D eigenvalue weighted by Crippen LogP contribution is 2.32. The van der Waals surface area contributed by atoms with Crippen molar-refractivity contribution in [2.75, 3.05) is 26.1 Å². The fourth-order valence-electron chi connectivity index (χ4n) is 3.63. The molecule has 0 aliphatic carbocycles. The van der Waals surface area contributed by atoms with E-state index in [0.717, 1.165) is 0 Å². The Morgan fingerprint density at radius 1 is 0.971 bits per heavy atom. The molecule has 1 heterocycles. The zero-order chi connectivity index (χ0) is 25.5. The van der Waals surface area contributed by atoms with Crippen molar-refractivity contribution < 1.29 is 33.0 Å². The Kier molecular flexibility index (Phi) is 8.09. The van der Waals surface area contributed by atoms with Crippen LogP contribution in [-0.4, -0.2) is 38.5 Å². The van der Waals surface area contributed by atoms with Gasteiger partial charge in [0.1, 0.15) is 11.3 Å². The van der Waals surface area contributed by atoms with E-state index in [0.29, 0.717) is 28.2 Å². The molecule has 0 aliphatic rings. The number of nitrogens with one attached hydrogen (secondary N) is 1. The van der Waals surface area contributed by atoms with Crippen LogP contribution < -0.4 is 14.8 Å². The first-order chi connectivity index (χ1) is 16.8. The first-order valence-corrected chi connectivity index (χ1v) is 10.9. The van der Waals surface area contributed by atoms with E-state index in [9.17, 15) is 14.4 Å². The largest absolute Gasteiger partial charge is 0.493 e. The van der Waals surface area contributed by atoms with Crippen molar-refractivity contribution in [3.05, 3.63) is 76.5 Å². The highest BCUT2D eigenvalue weighted by atomic mass is 16.5. The van der Waals surface area contributed by atoms with Crippen LogP contribution in [0, 0.1) is 6.92 Å². The Morgan fingerprint density at radius 3 is 2.26 bits per heavy atom. The van der Waals surface area contributed by atoms with Crippen molar-refractivity contribution in [2.45, 2.75) is 20.8 Å². The molecule has 1 amide bonds. The summed E-state index contributed by atoms with van der Waals surface area (Å²) in [7, 11) is 3.07. The molecule has 0 unspecified atom stereocenters. The van der Waals surface area contributed by atoms with Crippen LogP contribution >= 0.6 is 0 Å². The number of rotatable bonds is 9. The van der Waals surface area contributed by atoms with E-state index in [-0.39, 0.29) is 35.2 Å². The first kappa shape index (κ1) is 25.3. The van der Waals surface area contributed by atoms with Crippen LogP contribution in [0.3, 0.4) is 0 Å². The van der Waals surface area contributed by atoms with Crippen molar-refractivity contribution in [1.82, 2.24) is 0 Å². The Morgan fingerprint density at radius 2 is 1.66 bits per heavy atom. The van der Waals surface area contributed by atoms with E-state index in [2.05, 4.69) is 5.32 Å². The van der Waals surface area contributed by atoms with Crippen LogP contribution in [0.4, 0.5) is 5.88 Å². The van der Waals surface area contributed by atoms with Gasteiger partial charge in [-0.25, -0.2) is 4.79 Å². The van der Waals surface area contributed by atoms with E-state index >= 15 is 0 Å². The van der Waals surface area contributed by atoms with Gasteiger partial charge < -0.3 is 18.6 Å². The smallest absolute Gasteiger partial charge is 0.344 e. The van der Waals surface area contributed by atoms with Gasteiger partial charge in [0.15, 0.2) is 17.3 Å². The predicted octanol–water partition coefficient (Wildman–Crippen LogP) is 5.16. The number of Topliss-reactive ketones (excluding diaryl/α,β-unsaturated/α-hetero) is 1. The number of methoxy groups -OCH3 is 2. The average molecular weight is 478 g/mol. The molecule has 0 spiro atoms. The molecule has 35 heavy (non-hydrogen) atoms. The molecule has 0 bridgehead atoms. The van der Waals surface area contributed by atoms with Gasteiger partial charge >= 0.3 is 5.97 Å². The fraction of sp³-hybridized carbons (Fsp3) is 0.222. The molecule has 8 nitrogen and oxygen atoms in total. The lowest BCUT2D eigenvalue weighted by atomic mass is 10.0. The first-order valence-electron chi connectivity index (χ1n) is 10.9. The second-order valence-electron chi connectivity index (χ2n) is 7.51. The minimum Gasteiger partial charge on any atom is -0.493 e. The Bertz CT molecular complexity index is 1270. The molecule has 0 radical (unpaired) electrons. The zero-order valence-corrected chi connectivity index (χ0v) is 20.3. The number of aryl methyl sites for hydroxylation is 1. The molecule has 0 atom stereocenters. The maximum absolute atomic E-state index is 13.5. The predicted molar refractivity (Wildman–Crippen MR) is 132 cm³/mol. The van der Waals surface area contributed by atoms with Crippen LogP contribution in [0.2, 0.25) is 0 Å². The summed E-state index contributed by atoms with van der Waals surface area (Å²) in [4.78, 5) is 38.3. The number of ketones is 1. The zero-order valence-electron chi connectivity index (χ0n) is 20.3. The summed E-state index contributed by atoms with van der Waals surface area (Å²) in [5, 5.41) is 2.65. The second kappa shape index (κ2) is 11.2. The highest BCUT2D eigenvalue weighted by Gasteiger charge is 2.29. The number of carbonyl (C=O) groups excluding carboxylic acids is 3. The molecule has 8 heteroatoms. The third-order valence-electron chi connectivity index (χ3n) is 5.19. The number of esters is 1. The number of carbonyl (C=O) groups is 3. The molecule has 0 saturated heterocycles. The standard InChI is InChI=1S/C27H27NO7/c1-6-34-27(31)24-23(16(2)29)17(3)35-26(24)28-25(30)20(19-10-8-7-9-11-19)14-18-12-13-21(32-4)22(15-18)33-5/h7-15H,6H2,1-5H3,(H,28,30)/b20-14+. The van der Waals surface area contributed by atoms with Gasteiger partial charge in [-0.3, -0.25) is 14.9 Å². The minimum atomic E-state index is -0.755. The van der Waals surface area contributed by atoms with Gasteiger partial charge in [-0.1, -0.05) is 36.4 Å². The molecule has 182 valence electrons. The molecule has 2 aromatic carbocycles. The molecule has 1 aromatic heterocycles. The van der Waals surface area contributed by atoms with E-state index in [1.165, 1.54) is 21.1 Å². The van der Waals surface area contributed by atoms with Crippen molar-refractivity contribution >= 4 is 35.2 Å². The lowest BCUT2D eigenvalue weighted by Gasteiger charge is -2.11. The molecule has 1 N–H and O–H groups in total. The topological polar surface area (TPSA) is 104 Å². The maximum atomic E-state index is 13.5. The molecule has 0 fully saturated rings. The van der Waals surface area contributed by atoms with E-state index < -0.39 is 11.9 Å². The molecule has 0 saturated carbocycles. The minimum absolute atomic E-state index is 0.0730. The van der Waals surface area contributed by atoms with E-state index in [1.807, 2.05) is 6.07 Å². The monoisotopic (exact) mass is 477 g/mol. The van der Waals surface area contributed by atoms with Gasteiger partial charge in [-0.15, -0.1) is 0 Å². The Labute approximate surface area is 203 Å². The number of ether oxygens (including phenoxy) is 3.